The van der Waals surface area contributed by atoms with E-state index >= 15 is 0 Å². The predicted molar refractivity (Wildman–Crippen MR) is 89.6 cm³/mol. The molecule has 2 aliphatic rings. The molecule has 2 fully saturated rings. The summed E-state index contributed by atoms with van der Waals surface area (Å²) in [7, 11) is 0. The van der Waals surface area contributed by atoms with E-state index in [0.717, 1.165) is 38.9 Å². The standard InChI is InChI=1S/C17H24FNO4S/c18-17-14(12-24(20)21)2-1-3-15(17)13-4-7-19(8-5-13)9-6-16-22-10-11-23-16/h1-3,13,16H,4-12H2,(H,20,21). The SMILES string of the molecule is O=S(O)Cc1cccc(C2CCN(CCC3OCCO3)CC2)c1F. The van der Waals surface area contributed by atoms with E-state index in [1.165, 1.54) is 0 Å². The van der Waals surface area contributed by atoms with Crippen molar-refractivity contribution in [3.8, 4) is 0 Å². The lowest BCUT2D eigenvalue weighted by molar-refractivity contribution is -0.0523. The van der Waals surface area contributed by atoms with Gasteiger partial charge in [-0.2, -0.15) is 0 Å². The molecule has 0 aromatic heterocycles. The Labute approximate surface area is 144 Å². The summed E-state index contributed by atoms with van der Waals surface area (Å²) in [6.07, 6.45) is 2.59. The van der Waals surface area contributed by atoms with E-state index in [4.69, 9.17) is 14.0 Å². The van der Waals surface area contributed by atoms with Crippen molar-refractivity contribution in [3.63, 3.8) is 0 Å². The van der Waals surface area contributed by atoms with Crippen LogP contribution in [0.5, 0.6) is 0 Å². The van der Waals surface area contributed by atoms with E-state index in [0.29, 0.717) is 24.3 Å². The van der Waals surface area contributed by atoms with Crippen LogP contribution in [0.25, 0.3) is 0 Å². The minimum atomic E-state index is -2.02. The highest BCUT2D eigenvalue weighted by molar-refractivity contribution is 7.78. The fourth-order valence-electron chi connectivity index (χ4n) is 3.49. The van der Waals surface area contributed by atoms with Crippen molar-refractivity contribution in [1.82, 2.24) is 4.90 Å². The Kier molecular flexibility index (Phi) is 6.35. The fourth-order valence-corrected chi connectivity index (χ4v) is 3.98. The third kappa shape index (κ3) is 4.61. The van der Waals surface area contributed by atoms with Gasteiger partial charge in [-0.15, -0.1) is 0 Å². The van der Waals surface area contributed by atoms with Gasteiger partial charge in [0, 0.05) is 18.5 Å². The normalized spacial score (nSPS) is 22.1. The number of hydrogen-bond donors (Lipinski definition) is 1. The number of ether oxygens (including phenoxy) is 2. The minimum Gasteiger partial charge on any atom is -0.350 e. The smallest absolute Gasteiger partial charge is 0.159 e. The quantitative estimate of drug-likeness (QED) is 0.793. The van der Waals surface area contributed by atoms with Crippen molar-refractivity contribution in [2.24, 2.45) is 0 Å². The zero-order valence-electron chi connectivity index (χ0n) is 13.7. The van der Waals surface area contributed by atoms with Gasteiger partial charge in [0.05, 0.1) is 19.0 Å². The van der Waals surface area contributed by atoms with Gasteiger partial charge in [-0.05, 0) is 37.4 Å². The van der Waals surface area contributed by atoms with Gasteiger partial charge >= 0.3 is 0 Å². The molecule has 0 aliphatic carbocycles. The summed E-state index contributed by atoms with van der Waals surface area (Å²) in [6, 6.07) is 5.17. The topological polar surface area (TPSA) is 59.0 Å². The summed E-state index contributed by atoms with van der Waals surface area (Å²) in [5.41, 5.74) is 1.01. The van der Waals surface area contributed by atoms with Crippen LogP contribution >= 0.6 is 0 Å². The van der Waals surface area contributed by atoms with Gasteiger partial charge in [-0.25, -0.2) is 8.60 Å². The van der Waals surface area contributed by atoms with E-state index in [1.807, 2.05) is 0 Å². The Hall–Kier alpha value is -0.860. The first kappa shape index (κ1) is 17.9. The Morgan fingerprint density at radius 3 is 2.62 bits per heavy atom. The average Bonchev–Trinajstić information content (AvgIpc) is 3.09. The molecular weight excluding hydrogens is 333 g/mol. The van der Waals surface area contributed by atoms with Gasteiger partial charge < -0.3 is 18.9 Å². The van der Waals surface area contributed by atoms with Gasteiger partial charge in [-0.1, -0.05) is 18.2 Å². The maximum atomic E-state index is 14.6. The van der Waals surface area contributed by atoms with Crippen molar-refractivity contribution >= 4 is 11.1 Å². The van der Waals surface area contributed by atoms with E-state index < -0.39 is 11.1 Å². The van der Waals surface area contributed by atoms with Crippen LogP contribution in [0.3, 0.4) is 0 Å². The molecule has 5 nitrogen and oxygen atoms in total. The van der Waals surface area contributed by atoms with Crippen LogP contribution in [0.15, 0.2) is 18.2 Å². The number of rotatable bonds is 6. The van der Waals surface area contributed by atoms with Gasteiger partial charge in [-0.3, -0.25) is 0 Å². The summed E-state index contributed by atoms with van der Waals surface area (Å²) in [4.78, 5) is 2.37. The van der Waals surface area contributed by atoms with Gasteiger partial charge in [0.2, 0.25) is 0 Å². The van der Waals surface area contributed by atoms with E-state index in [2.05, 4.69) is 4.90 Å². The first-order chi connectivity index (χ1) is 11.6. The fraction of sp³-hybridized carbons (Fsp3) is 0.647. The van der Waals surface area contributed by atoms with E-state index in [1.54, 1.807) is 18.2 Å². The average molecular weight is 357 g/mol. The van der Waals surface area contributed by atoms with Crippen molar-refractivity contribution in [2.45, 2.75) is 37.2 Å². The maximum Gasteiger partial charge on any atom is 0.159 e. The zero-order valence-corrected chi connectivity index (χ0v) is 14.5. The lowest BCUT2D eigenvalue weighted by Gasteiger charge is -2.32. The van der Waals surface area contributed by atoms with E-state index in [9.17, 15) is 8.60 Å². The molecule has 1 aromatic rings. The van der Waals surface area contributed by atoms with Gasteiger partial charge in [0.1, 0.15) is 5.82 Å². The molecule has 7 heteroatoms. The molecule has 2 aliphatic heterocycles. The molecule has 2 heterocycles. The molecule has 3 rings (SSSR count). The first-order valence-electron chi connectivity index (χ1n) is 8.44. The molecule has 1 atom stereocenters. The summed E-state index contributed by atoms with van der Waals surface area (Å²) in [6.45, 7) is 4.14. The molecule has 2 saturated heterocycles. The van der Waals surface area contributed by atoms with Crippen molar-refractivity contribution in [1.29, 1.82) is 0 Å². The largest absolute Gasteiger partial charge is 0.350 e. The highest BCUT2D eigenvalue weighted by Crippen LogP contribution is 2.31. The molecule has 1 unspecified atom stereocenters. The van der Waals surface area contributed by atoms with Crippen LogP contribution in [0.2, 0.25) is 0 Å². The van der Waals surface area contributed by atoms with Crippen LogP contribution < -0.4 is 0 Å². The maximum absolute atomic E-state index is 14.6. The van der Waals surface area contributed by atoms with Crippen LogP contribution in [0, 0.1) is 5.82 Å². The second-order valence-electron chi connectivity index (χ2n) is 6.36. The Bertz CT molecular complexity index is 572. The Balaban J connectivity index is 1.53. The summed E-state index contributed by atoms with van der Waals surface area (Å²) in [5, 5.41) is 0. The molecule has 0 radical (unpaired) electrons. The van der Waals surface area contributed by atoms with Crippen LogP contribution in [0.4, 0.5) is 4.39 Å². The van der Waals surface area contributed by atoms with Crippen LogP contribution in [0.1, 0.15) is 36.3 Å². The lowest BCUT2D eigenvalue weighted by atomic mass is 9.88. The highest BCUT2D eigenvalue weighted by Gasteiger charge is 2.25. The van der Waals surface area contributed by atoms with E-state index in [-0.39, 0.29) is 23.8 Å². The Morgan fingerprint density at radius 1 is 1.25 bits per heavy atom. The summed E-state index contributed by atoms with van der Waals surface area (Å²) >= 11 is -2.02. The minimum absolute atomic E-state index is 0.0730. The first-order valence-corrected chi connectivity index (χ1v) is 9.71. The number of likely N-dealkylation sites (tertiary alicyclic amines) is 1. The molecule has 0 spiro atoms. The third-order valence-corrected chi connectivity index (χ3v) is 5.34. The van der Waals surface area contributed by atoms with Gasteiger partial charge in [0.15, 0.2) is 17.4 Å². The monoisotopic (exact) mass is 357 g/mol. The number of benzene rings is 1. The molecule has 0 amide bonds. The third-order valence-electron chi connectivity index (χ3n) is 4.79. The number of nitrogens with zero attached hydrogens (tertiary/aromatic N) is 1. The molecule has 0 saturated carbocycles. The van der Waals surface area contributed by atoms with Crippen LogP contribution in [-0.4, -0.2) is 52.8 Å². The summed E-state index contributed by atoms with van der Waals surface area (Å²) in [5.74, 6) is -0.293. The number of halogens is 1. The van der Waals surface area contributed by atoms with Crippen molar-refractivity contribution in [2.75, 3.05) is 32.8 Å². The molecule has 1 N–H and O–H groups in total. The number of hydrogen-bond acceptors (Lipinski definition) is 4. The molecule has 24 heavy (non-hydrogen) atoms. The Morgan fingerprint density at radius 2 is 1.96 bits per heavy atom. The summed E-state index contributed by atoms with van der Waals surface area (Å²) < 4.78 is 45.4. The predicted octanol–water partition coefficient (Wildman–Crippen LogP) is 2.49. The highest BCUT2D eigenvalue weighted by atomic mass is 32.2. The van der Waals surface area contributed by atoms with Crippen molar-refractivity contribution < 1.29 is 22.6 Å². The van der Waals surface area contributed by atoms with Crippen LogP contribution in [-0.2, 0) is 26.3 Å². The zero-order chi connectivity index (χ0) is 16.9. The van der Waals surface area contributed by atoms with Crippen molar-refractivity contribution in [3.05, 3.63) is 35.1 Å². The molecule has 0 bridgehead atoms. The molecule has 1 aromatic carbocycles. The molecule has 134 valence electrons. The molecular formula is C17H24FNO4S. The second kappa shape index (κ2) is 8.49. The van der Waals surface area contributed by atoms with Gasteiger partial charge in [0.25, 0.3) is 0 Å². The second-order valence-corrected chi connectivity index (χ2v) is 7.29. The number of piperidine rings is 1. The lowest BCUT2D eigenvalue weighted by Crippen LogP contribution is -2.35.